The Balaban J connectivity index is 1.63. The van der Waals surface area contributed by atoms with E-state index < -0.39 is 0 Å². The maximum atomic E-state index is 12.2. The van der Waals surface area contributed by atoms with Gasteiger partial charge in [0.15, 0.2) is 11.6 Å². The molecule has 1 fully saturated rings. The van der Waals surface area contributed by atoms with E-state index in [0.29, 0.717) is 29.4 Å². The van der Waals surface area contributed by atoms with Crippen LogP contribution in [0.5, 0.6) is 0 Å². The van der Waals surface area contributed by atoms with Crippen LogP contribution in [0.3, 0.4) is 0 Å². The summed E-state index contributed by atoms with van der Waals surface area (Å²) in [4.78, 5) is 24.9. The molecule has 1 aromatic heterocycles. The largest absolute Gasteiger partial charge is 0.395 e. The van der Waals surface area contributed by atoms with E-state index in [4.69, 9.17) is 10.8 Å². The Kier molecular flexibility index (Phi) is 6.43. The number of β-amino-alcohol motifs (C(OH)–C–C–N with tert-alkyl or cyclic N) is 1. The van der Waals surface area contributed by atoms with Crippen LogP contribution in [-0.4, -0.2) is 65.2 Å². The second-order valence-electron chi connectivity index (χ2n) is 6.10. The number of anilines is 3. The number of hydrazine groups is 1. The minimum absolute atomic E-state index is 0.155. The third kappa shape index (κ3) is 4.85. The lowest BCUT2D eigenvalue weighted by Gasteiger charge is -2.35. The topological polar surface area (TPSA) is 120 Å². The molecule has 27 heavy (non-hydrogen) atoms. The molecule has 1 aliphatic heterocycles. The maximum Gasteiger partial charge on any atom is 0.269 e. The number of nitrogens with two attached hydrogens (primary N) is 1. The number of hydrogen-bond acceptors (Lipinski definition) is 8. The summed E-state index contributed by atoms with van der Waals surface area (Å²) in [5, 5.41) is 9.04. The van der Waals surface area contributed by atoms with E-state index in [2.05, 4.69) is 46.5 Å². The number of nitrogens with zero attached hydrogens (tertiary/aromatic N) is 4. The zero-order valence-corrected chi connectivity index (χ0v) is 16.3. The molecule has 0 unspecified atom stereocenters. The molecular formula is C17H22BrN7O2. The number of carbonyl (C=O) groups is 1. The van der Waals surface area contributed by atoms with Crippen LogP contribution < -0.4 is 21.5 Å². The van der Waals surface area contributed by atoms with Gasteiger partial charge in [-0.2, -0.15) is 0 Å². The minimum atomic E-state index is -0.292. The number of benzene rings is 1. The SMILES string of the molecule is Nc1c(NNC(=O)c2ccc(Br)cc2)ncnc1N1CCN(CCO)CC1. The molecule has 3 rings (SSSR count). The number of rotatable bonds is 6. The van der Waals surface area contributed by atoms with Crippen molar-refractivity contribution in [3.8, 4) is 0 Å². The molecule has 1 amide bonds. The van der Waals surface area contributed by atoms with Gasteiger partial charge in [-0.25, -0.2) is 9.97 Å². The van der Waals surface area contributed by atoms with E-state index in [-0.39, 0.29) is 12.5 Å². The van der Waals surface area contributed by atoms with Crippen LogP contribution in [0.25, 0.3) is 0 Å². The van der Waals surface area contributed by atoms with E-state index in [1.54, 1.807) is 24.3 Å². The molecule has 0 radical (unpaired) electrons. The summed E-state index contributed by atoms with van der Waals surface area (Å²) in [5.41, 5.74) is 12.5. The first-order valence-electron chi connectivity index (χ1n) is 8.59. The van der Waals surface area contributed by atoms with Crippen LogP contribution in [-0.2, 0) is 0 Å². The lowest BCUT2D eigenvalue weighted by molar-refractivity contribution is 0.0962. The minimum Gasteiger partial charge on any atom is -0.395 e. The van der Waals surface area contributed by atoms with E-state index in [1.165, 1.54) is 6.33 Å². The third-order valence-electron chi connectivity index (χ3n) is 4.35. The molecule has 2 heterocycles. The van der Waals surface area contributed by atoms with E-state index in [9.17, 15) is 4.79 Å². The first-order valence-corrected chi connectivity index (χ1v) is 9.38. The summed E-state index contributed by atoms with van der Waals surface area (Å²) in [6, 6.07) is 7.01. The summed E-state index contributed by atoms with van der Waals surface area (Å²) >= 11 is 3.34. The number of nitrogens with one attached hydrogen (secondary N) is 2. The summed E-state index contributed by atoms with van der Waals surface area (Å²) in [6.07, 6.45) is 1.42. The Morgan fingerprint density at radius 2 is 1.89 bits per heavy atom. The highest BCUT2D eigenvalue weighted by Gasteiger charge is 2.21. The van der Waals surface area contributed by atoms with Crippen molar-refractivity contribution in [3.05, 3.63) is 40.6 Å². The van der Waals surface area contributed by atoms with Crippen molar-refractivity contribution in [1.82, 2.24) is 20.3 Å². The van der Waals surface area contributed by atoms with Crippen LogP contribution >= 0.6 is 15.9 Å². The fourth-order valence-corrected chi connectivity index (χ4v) is 3.12. The molecule has 1 aromatic carbocycles. The predicted molar refractivity (Wildman–Crippen MR) is 107 cm³/mol. The summed E-state index contributed by atoms with van der Waals surface area (Å²) in [6.45, 7) is 3.99. The molecule has 0 saturated carbocycles. The highest BCUT2D eigenvalue weighted by atomic mass is 79.9. The molecule has 144 valence electrons. The van der Waals surface area contributed by atoms with Crippen molar-refractivity contribution in [2.75, 3.05) is 55.4 Å². The van der Waals surface area contributed by atoms with Gasteiger partial charge in [0, 0.05) is 42.8 Å². The number of aliphatic hydroxyl groups excluding tert-OH is 1. The Labute approximate surface area is 165 Å². The van der Waals surface area contributed by atoms with Gasteiger partial charge in [-0.15, -0.1) is 0 Å². The Morgan fingerprint density at radius 3 is 2.56 bits per heavy atom. The number of aromatic nitrogens is 2. The average Bonchev–Trinajstić information content (AvgIpc) is 2.68. The van der Waals surface area contributed by atoms with Gasteiger partial charge in [0.2, 0.25) is 0 Å². The number of halogens is 1. The fraction of sp³-hybridized carbons (Fsp3) is 0.353. The van der Waals surface area contributed by atoms with Crippen molar-refractivity contribution in [2.45, 2.75) is 0 Å². The molecule has 0 bridgehead atoms. The zero-order valence-electron chi connectivity index (χ0n) is 14.7. The zero-order chi connectivity index (χ0) is 19.2. The highest BCUT2D eigenvalue weighted by Crippen LogP contribution is 2.26. The van der Waals surface area contributed by atoms with Gasteiger partial charge in [-0.1, -0.05) is 15.9 Å². The average molecular weight is 436 g/mol. The van der Waals surface area contributed by atoms with Crippen LogP contribution in [0, 0.1) is 0 Å². The van der Waals surface area contributed by atoms with Gasteiger partial charge in [0.1, 0.15) is 12.0 Å². The Hall–Kier alpha value is -2.43. The molecule has 5 N–H and O–H groups in total. The summed E-state index contributed by atoms with van der Waals surface area (Å²) in [7, 11) is 0. The summed E-state index contributed by atoms with van der Waals surface area (Å²) in [5.74, 6) is 0.692. The molecule has 2 aromatic rings. The smallest absolute Gasteiger partial charge is 0.269 e. The van der Waals surface area contributed by atoms with Crippen LogP contribution in [0.2, 0.25) is 0 Å². The number of carbonyl (C=O) groups excluding carboxylic acids is 1. The second kappa shape index (κ2) is 8.98. The quantitative estimate of drug-likeness (QED) is 0.489. The van der Waals surface area contributed by atoms with Gasteiger partial charge < -0.3 is 15.7 Å². The predicted octanol–water partition coefficient (Wildman–Crippen LogP) is 0.692. The van der Waals surface area contributed by atoms with Crippen molar-refractivity contribution in [3.63, 3.8) is 0 Å². The first-order chi connectivity index (χ1) is 13.1. The standard InChI is InChI=1S/C17H22BrN7O2/c18-13-3-1-12(2-4-13)17(27)23-22-15-14(19)16(21-11-20-15)25-7-5-24(6-8-25)9-10-26/h1-4,11,26H,5-10,19H2,(H,23,27)(H,20,21,22). The number of hydrogen-bond donors (Lipinski definition) is 4. The first kappa shape index (κ1) is 19.3. The van der Waals surface area contributed by atoms with E-state index in [0.717, 1.165) is 30.7 Å². The van der Waals surface area contributed by atoms with Crippen molar-refractivity contribution in [2.24, 2.45) is 0 Å². The lowest BCUT2D eigenvalue weighted by atomic mass is 10.2. The second-order valence-corrected chi connectivity index (χ2v) is 7.01. The molecule has 0 aliphatic carbocycles. The number of aliphatic hydroxyl groups is 1. The van der Waals surface area contributed by atoms with E-state index >= 15 is 0 Å². The lowest BCUT2D eigenvalue weighted by Crippen LogP contribution is -2.47. The summed E-state index contributed by atoms with van der Waals surface area (Å²) < 4.78 is 0.899. The van der Waals surface area contributed by atoms with E-state index in [1.807, 2.05) is 0 Å². The van der Waals surface area contributed by atoms with Crippen molar-refractivity contribution < 1.29 is 9.90 Å². The van der Waals surface area contributed by atoms with Gasteiger partial charge in [0.25, 0.3) is 5.91 Å². The molecule has 0 spiro atoms. The normalized spacial score (nSPS) is 14.8. The van der Waals surface area contributed by atoms with Gasteiger partial charge in [0.05, 0.1) is 6.61 Å². The fourth-order valence-electron chi connectivity index (χ4n) is 2.85. The molecule has 9 nitrogen and oxygen atoms in total. The van der Waals surface area contributed by atoms with Crippen molar-refractivity contribution >= 4 is 39.2 Å². The van der Waals surface area contributed by atoms with Crippen LogP contribution in [0.4, 0.5) is 17.3 Å². The monoisotopic (exact) mass is 435 g/mol. The molecule has 1 aliphatic rings. The number of piperazine rings is 1. The number of nitrogen functional groups attached to an aromatic ring is 1. The van der Waals surface area contributed by atoms with Crippen LogP contribution in [0.1, 0.15) is 10.4 Å². The highest BCUT2D eigenvalue weighted by molar-refractivity contribution is 9.10. The molecular weight excluding hydrogens is 414 g/mol. The molecule has 0 atom stereocenters. The Morgan fingerprint density at radius 1 is 1.19 bits per heavy atom. The number of amides is 1. The van der Waals surface area contributed by atoms with Gasteiger partial charge in [-0.05, 0) is 24.3 Å². The third-order valence-corrected chi connectivity index (χ3v) is 4.88. The van der Waals surface area contributed by atoms with Crippen LogP contribution in [0.15, 0.2) is 35.1 Å². The molecule has 10 heteroatoms. The Bertz CT molecular complexity index is 779. The van der Waals surface area contributed by atoms with Gasteiger partial charge in [-0.3, -0.25) is 20.5 Å². The maximum absolute atomic E-state index is 12.2. The molecule has 1 saturated heterocycles. The van der Waals surface area contributed by atoms with Gasteiger partial charge >= 0.3 is 0 Å². The van der Waals surface area contributed by atoms with Crippen molar-refractivity contribution in [1.29, 1.82) is 0 Å².